The molecule has 3 aromatic rings. The van der Waals surface area contributed by atoms with Gasteiger partial charge in [0.25, 0.3) is 0 Å². The molecule has 5 nitrogen and oxygen atoms in total. The molecular formula is C22H19NO4. The summed E-state index contributed by atoms with van der Waals surface area (Å²) in [4.78, 5) is 2.45. The normalized spacial score (nSPS) is 15.8. The Morgan fingerprint density at radius 1 is 0.852 bits per heavy atom. The van der Waals surface area contributed by atoms with Gasteiger partial charge < -0.3 is 23.8 Å². The zero-order chi connectivity index (χ0) is 18.0. The van der Waals surface area contributed by atoms with Gasteiger partial charge in [-0.05, 0) is 41.6 Å². The predicted octanol–water partition coefficient (Wildman–Crippen LogP) is 4.69. The summed E-state index contributed by atoms with van der Waals surface area (Å²) < 4.78 is 22.6. The molecular weight excluding hydrogens is 342 g/mol. The highest BCUT2D eigenvalue weighted by Gasteiger charge is 2.30. The highest BCUT2D eigenvalue weighted by atomic mass is 16.7. The molecule has 27 heavy (non-hydrogen) atoms. The second-order valence-corrected chi connectivity index (χ2v) is 7.14. The summed E-state index contributed by atoms with van der Waals surface area (Å²) in [5.41, 5.74) is 4.93. The SMILES string of the molecule is CCCN1Cc2c(ccc3c2OCO3)-c2ccc3cc4c(cc3c21)OCO4. The number of fused-ring (bicyclic) bond motifs is 8. The van der Waals surface area contributed by atoms with Crippen molar-refractivity contribution in [3.8, 4) is 34.1 Å². The van der Waals surface area contributed by atoms with Crippen molar-refractivity contribution in [1.82, 2.24) is 0 Å². The zero-order valence-corrected chi connectivity index (χ0v) is 15.1. The third-order valence-electron chi connectivity index (χ3n) is 5.58. The lowest BCUT2D eigenvalue weighted by atomic mass is 9.89. The largest absolute Gasteiger partial charge is 0.454 e. The van der Waals surface area contributed by atoms with Crippen molar-refractivity contribution < 1.29 is 18.9 Å². The van der Waals surface area contributed by atoms with Crippen molar-refractivity contribution in [1.29, 1.82) is 0 Å². The Balaban J connectivity index is 1.64. The van der Waals surface area contributed by atoms with E-state index >= 15 is 0 Å². The summed E-state index contributed by atoms with van der Waals surface area (Å²) in [6.07, 6.45) is 1.07. The minimum Gasteiger partial charge on any atom is -0.454 e. The van der Waals surface area contributed by atoms with Crippen molar-refractivity contribution >= 4 is 16.5 Å². The molecule has 6 rings (SSSR count). The number of hydrogen-bond donors (Lipinski definition) is 0. The van der Waals surface area contributed by atoms with Gasteiger partial charge in [-0.15, -0.1) is 0 Å². The van der Waals surface area contributed by atoms with Gasteiger partial charge in [0.2, 0.25) is 13.6 Å². The first-order valence-electron chi connectivity index (χ1n) is 9.36. The summed E-state index contributed by atoms with van der Waals surface area (Å²) in [5, 5.41) is 2.37. The van der Waals surface area contributed by atoms with Gasteiger partial charge in [0.15, 0.2) is 23.0 Å². The van der Waals surface area contributed by atoms with Crippen LogP contribution in [0.15, 0.2) is 36.4 Å². The molecule has 0 saturated carbocycles. The lowest BCUT2D eigenvalue weighted by molar-refractivity contribution is 0.173. The van der Waals surface area contributed by atoms with E-state index < -0.39 is 0 Å². The molecule has 3 heterocycles. The highest BCUT2D eigenvalue weighted by Crippen LogP contribution is 2.51. The number of benzene rings is 3. The van der Waals surface area contributed by atoms with Gasteiger partial charge in [-0.2, -0.15) is 0 Å². The fourth-order valence-corrected chi connectivity index (χ4v) is 4.43. The van der Waals surface area contributed by atoms with Gasteiger partial charge in [0.1, 0.15) is 0 Å². The van der Waals surface area contributed by atoms with E-state index in [1.54, 1.807) is 0 Å². The minimum absolute atomic E-state index is 0.291. The molecule has 0 saturated heterocycles. The molecule has 0 N–H and O–H groups in total. The number of hydrogen-bond acceptors (Lipinski definition) is 5. The molecule has 0 aliphatic carbocycles. The fourth-order valence-electron chi connectivity index (χ4n) is 4.43. The van der Waals surface area contributed by atoms with Crippen molar-refractivity contribution in [2.24, 2.45) is 0 Å². The maximum Gasteiger partial charge on any atom is 0.231 e. The van der Waals surface area contributed by atoms with Crippen LogP contribution in [-0.2, 0) is 6.54 Å². The Morgan fingerprint density at radius 2 is 1.63 bits per heavy atom. The minimum atomic E-state index is 0.291. The van der Waals surface area contributed by atoms with Crippen molar-refractivity contribution in [2.45, 2.75) is 19.9 Å². The number of rotatable bonds is 2. The number of ether oxygens (including phenoxy) is 4. The molecule has 0 fully saturated rings. The summed E-state index contributed by atoms with van der Waals surface area (Å²) in [6.45, 7) is 4.59. The Kier molecular flexibility index (Phi) is 3.04. The molecule has 0 aromatic heterocycles. The van der Waals surface area contributed by atoms with Gasteiger partial charge >= 0.3 is 0 Å². The van der Waals surface area contributed by atoms with E-state index in [2.05, 4.69) is 42.2 Å². The maximum atomic E-state index is 5.80. The average molecular weight is 361 g/mol. The molecule has 136 valence electrons. The molecule has 0 amide bonds. The van der Waals surface area contributed by atoms with Crippen LogP contribution in [0, 0.1) is 0 Å². The Morgan fingerprint density at radius 3 is 2.52 bits per heavy atom. The van der Waals surface area contributed by atoms with Gasteiger partial charge in [-0.3, -0.25) is 0 Å². The lowest BCUT2D eigenvalue weighted by Gasteiger charge is -2.34. The van der Waals surface area contributed by atoms with Crippen LogP contribution in [0.4, 0.5) is 5.69 Å². The molecule has 3 aliphatic heterocycles. The average Bonchev–Trinajstić information content (AvgIpc) is 3.34. The lowest BCUT2D eigenvalue weighted by Crippen LogP contribution is -2.27. The van der Waals surface area contributed by atoms with Crippen molar-refractivity contribution in [2.75, 3.05) is 25.0 Å². The van der Waals surface area contributed by atoms with Crippen LogP contribution in [0.2, 0.25) is 0 Å². The van der Waals surface area contributed by atoms with Crippen LogP contribution in [-0.4, -0.2) is 20.1 Å². The first kappa shape index (κ1) is 15.0. The van der Waals surface area contributed by atoms with Gasteiger partial charge in [0, 0.05) is 29.6 Å². The molecule has 5 heteroatoms. The van der Waals surface area contributed by atoms with Crippen LogP contribution >= 0.6 is 0 Å². The molecule has 0 atom stereocenters. The standard InChI is InChI=1S/C22H19NO4/c1-2-7-23-10-17-14(5-6-18-22(17)27-12-24-18)15-4-3-13-8-19-20(26-11-25-19)9-16(13)21(15)23/h3-6,8-9H,2,7,10-12H2,1H3. The topological polar surface area (TPSA) is 40.2 Å². The predicted molar refractivity (Wildman–Crippen MR) is 103 cm³/mol. The molecule has 0 bridgehead atoms. The van der Waals surface area contributed by atoms with Crippen LogP contribution in [0.1, 0.15) is 18.9 Å². The van der Waals surface area contributed by atoms with Crippen LogP contribution in [0.25, 0.3) is 21.9 Å². The van der Waals surface area contributed by atoms with Gasteiger partial charge in [0.05, 0.1) is 5.69 Å². The molecule has 3 aliphatic rings. The summed E-state index contributed by atoms with van der Waals surface area (Å²) in [5.74, 6) is 3.38. The van der Waals surface area contributed by atoms with E-state index in [0.717, 1.165) is 42.5 Å². The first-order chi connectivity index (χ1) is 13.3. The number of nitrogens with zero attached hydrogens (tertiary/aromatic N) is 1. The smallest absolute Gasteiger partial charge is 0.231 e. The van der Waals surface area contributed by atoms with Crippen LogP contribution < -0.4 is 23.8 Å². The zero-order valence-electron chi connectivity index (χ0n) is 15.1. The van der Waals surface area contributed by atoms with Gasteiger partial charge in [-0.1, -0.05) is 19.1 Å². The van der Waals surface area contributed by atoms with E-state index in [4.69, 9.17) is 18.9 Å². The Labute approximate surface area is 157 Å². The van der Waals surface area contributed by atoms with E-state index in [1.165, 1.54) is 33.2 Å². The molecule has 0 radical (unpaired) electrons. The highest BCUT2D eigenvalue weighted by molar-refractivity contribution is 6.05. The van der Waals surface area contributed by atoms with E-state index in [1.807, 2.05) is 6.07 Å². The summed E-state index contributed by atoms with van der Waals surface area (Å²) in [6, 6.07) is 12.8. The first-order valence-corrected chi connectivity index (χ1v) is 9.36. The second kappa shape index (κ2) is 5.46. The van der Waals surface area contributed by atoms with Crippen LogP contribution in [0.5, 0.6) is 23.0 Å². The third-order valence-corrected chi connectivity index (χ3v) is 5.58. The summed E-state index contributed by atoms with van der Waals surface area (Å²) >= 11 is 0. The van der Waals surface area contributed by atoms with Crippen molar-refractivity contribution in [3.05, 3.63) is 42.0 Å². The van der Waals surface area contributed by atoms with E-state index in [0.29, 0.717) is 13.6 Å². The van der Waals surface area contributed by atoms with Crippen molar-refractivity contribution in [3.63, 3.8) is 0 Å². The molecule has 3 aromatic carbocycles. The number of anilines is 1. The monoisotopic (exact) mass is 361 g/mol. The fraction of sp³-hybridized carbons (Fsp3) is 0.273. The third kappa shape index (κ3) is 2.05. The van der Waals surface area contributed by atoms with Gasteiger partial charge in [-0.25, -0.2) is 0 Å². The Hall–Kier alpha value is -3.08. The second-order valence-electron chi connectivity index (χ2n) is 7.14. The maximum absolute atomic E-state index is 5.80. The molecule has 0 unspecified atom stereocenters. The molecule has 0 spiro atoms. The van der Waals surface area contributed by atoms with Crippen LogP contribution in [0.3, 0.4) is 0 Å². The van der Waals surface area contributed by atoms with E-state index in [9.17, 15) is 0 Å². The van der Waals surface area contributed by atoms with E-state index in [-0.39, 0.29) is 0 Å². The quantitative estimate of drug-likeness (QED) is 0.662. The Bertz CT molecular complexity index is 1090. The summed E-state index contributed by atoms with van der Waals surface area (Å²) in [7, 11) is 0.